The van der Waals surface area contributed by atoms with Gasteiger partial charge < -0.3 is 5.32 Å². The summed E-state index contributed by atoms with van der Waals surface area (Å²) >= 11 is 0. The predicted octanol–water partition coefficient (Wildman–Crippen LogP) is 3.93. The van der Waals surface area contributed by atoms with Gasteiger partial charge in [0.15, 0.2) is 5.78 Å². The zero-order valence-corrected chi connectivity index (χ0v) is 17.2. The normalized spacial score (nSPS) is 27.2. The Hall–Kier alpha value is -2.17. The summed E-state index contributed by atoms with van der Waals surface area (Å²) in [6, 6.07) is 3.47. The van der Waals surface area contributed by atoms with E-state index in [0.29, 0.717) is 24.3 Å². The molecule has 1 spiro atoms. The first kappa shape index (κ1) is 19.6. The number of hydrogen-bond donors (Lipinski definition) is 1. The molecule has 1 N–H and O–H groups in total. The molecule has 1 aromatic carbocycles. The Labute approximate surface area is 161 Å². The number of nitrogens with one attached hydrogen (secondary N) is 1. The molecule has 1 aliphatic heterocycles. The fourth-order valence-corrected chi connectivity index (χ4v) is 5.49. The van der Waals surface area contributed by atoms with Crippen LogP contribution in [0.2, 0.25) is 0 Å². The van der Waals surface area contributed by atoms with E-state index in [-0.39, 0.29) is 23.7 Å². The SMILES string of the molecule is Cc1cc(C)c(C(=O)CN2C(=O)N[C@]3(C[C@@H](C)CC(C)(C)C3)C2=O)c(C)c1. The lowest BCUT2D eigenvalue weighted by Crippen LogP contribution is -2.54. The molecule has 3 rings (SSSR count). The van der Waals surface area contributed by atoms with Crippen molar-refractivity contribution in [2.45, 2.75) is 66.3 Å². The number of carbonyl (C=O) groups excluding carboxylic acids is 3. The van der Waals surface area contributed by atoms with Crippen molar-refractivity contribution in [2.75, 3.05) is 6.54 Å². The number of urea groups is 1. The summed E-state index contributed by atoms with van der Waals surface area (Å²) in [6.07, 6.45) is 2.27. The Kier molecular flexibility index (Phi) is 4.69. The molecular weight excluding hydrogens is 340 g/mol. The lowest BCUT2D eigenvalue weighted by Gasteiger charge is -2.43. The zero-order valence-electron chi connectivity index (χ0n) is 17.2. The number of carbonyl (C=O) groups is 3. The number of nitrogens with zero attached hydrogens (tertiary/aromatic N) is 1. The van der Waals surface area contributed by atoms with E-state index >= 15 is 0 Å². The van der Waals surface area contributed by atoms with Crippen molar-refractivity contribution in [3.05, 3.63) is 34.4 Å². The average Bonchev–Trinajstić information content (AvgIpc) is 2.67. The Morgan fingerprint density at radius 2 is 1.74 bits per heavy atom. The van der Waals surface area contributed by atoms with E-state index in [2.05, 4.69) is 26.1 Å². The molecular formula is C22H30N2O3. The first-order chi connectivity index (χ1) is 12.4. The number of imide groups is 1. The second kappa shape index (κ2) is 6.47. The Bertz CT molecular complexity index is 804. The summed E-state index contributed by atoms with van der Waals surface area (Å²) < 4.78 is 0. The molecule has 146 valence electrons. The van der Waals surface area contributed by atoms with Gasteiger partial charge >= 0.3 is 6.03 Å². The van der Waals surface area contributed by atoms with Gasteiger partial charge in [0, 0.05) is 5.56 Å². The third kappa shape index (κ3) is 3.52. The van der Waals surface area contributed by atoms with Crippen LogP contribution in [0, 0.1) is 32.1 Å². The van der Waals surface area contributed by atoms with Gasteiger partial charge in [-0.2, -0.15) is 0 Å². The summed E-state index contributed by atoms with van der Waals surface area (Å²) in [5.74, 6) is -0.0909. The van der Waals surface area contributed by atoms with E-state index in [9.17, 15) is 14.4 Å². The van der Waals surface area contributed by atoms with Gasteiger partial charge in [-0.15, -0.1) is 0 Å². The van der Waals surface area contributed by atoms with E-state index in [0.717, 1.165) is 28.0 Å². The largest absolute Gasteiger partial charge is 0.325 e. The fourth-order valence-electron chi connectivity index (χ4n) is 5.49. The molecule has 1 aliphatic carbocycles. The van der Waals surface area contributed by atoms with Gasteiger partial charge in [-0.1, -0.05) is 38.5 Å². The van der Waals surface area contributed by atoms with Crippen molar-refractivity contribution < 1.29 is 14.4 Å². The summed E-state index contributed by atoms with van der Waals surface area (Å²) in [7, 11) is 0. The van der Waals surface area contributed by atoms with Crippen molar-refractivity contribution in [3.8, 4) is 0 Å². The molecule has 0 unspecified atom stereocenters. The maximum absolute atomic E-state index is 13.2. The number of amides is 3. The lowest BCUT2D eigenvalue weighted by molar-refractivity contribution is -0.134. The van der Waals surface area contributed by atoms with Gasteiger partial charge in [0.25, 0.3) is 5.91 Å². The number of aryl methyl sites for hydroxylation is 3. The zero-order chi connectivity index (χ0) is 20.1. The van der Waals surface area contributed by atoms with Gasteiger partial charge in [-0.25, -0.2) is 4.79 Å². The minimum Gasteiger partial charge on any atom is -0.323 e. The maximum atomic E-state index is 13.2. The molecule has 0 radical (unpaired) electrons. The van der Waals surface area contributed by atoms with Crippen LogP contribution < -0.4 is 5.32 Å². The highest BCUT2D eigenvalue weighted by Gasteiger charge is 2.56. The topological polar surface area (TPSA) is 66.5 Å². The third-order valence-corrected chi connectivity index (χ3v) is 5.88. The van der Waals surface area contributed by atoms with Crippen molar-refractivity contribution in [1.82, 2.24) is 10.2 Å². The molecule has 1 aromatic rings. The molecule has 5 heteroatoms. The van der Waals surface area contributed by atoms with Crippen LogP contribution in [0.4, 0.5) is 4.79 Å². The number of ketones is 1. The Morgan fingerprint density at radius 1 is 1.15 bits per heavy atom. The highest BCUT2D eigenvalue weighted by atomic mass is 16.2. The number of Topliss-reactive ketones (excluding diaryl/α,β-unsaturated/α-hetero) is 1. The van der Waals surface area contributed by atoms with Crippen LogP contribution in [0.3, 0.4) is 0 Å². The summed E-state index contributed by atoms with van der Waals surface area (Å²) in [4.78, 5) is 39.9. The second-order valence-electron chi connectivity index (χ2n) is 9.45. The summed E-state index contributed by atoms with van der Waals surface area (Å²) in [6.45, 7) is 12.0. The van der Waals surface area contributed by atoms with Crippen molar-refractivity contribution in [3.63, 3.8) is 0 Å². The van der Waals surface area contributed by atoms with E-state index in [1.165, 1.54) is 0 Å². The van der Waals surface area contributed by atoms with Crippen LogP contribution in [-0.2, 0) is 4.79 Å². The molecule has 0 aromatic heterocycles. The van der Waals surface area contributed by atoms with Crippen molar-refractivity contribution in [2.24, 2.45) is 11.3 Å². The monoisotopic (exact) mass is 370 g/mol. The van der Waals surface area contributed by atoms with E-state index in [1.807, 2.05) is 32.9 Å². The average molecular weight is 370 g/mol. The van der Waals surface area contributed by atoms with Crippen LogP contribution in [0.15, 0.2) is 12.1 Å². The predicted molar refractivity (Wildman–Crippen MR) is 105 cm³/mol. The fraction of sp³-hybridized carbons (Fsp3) is 0.591. The van der Waals surface area contributed by atoms with Crippen LogP contribution in [0.5, 0.6) is 0 Å². The molecule has 2 fully saturated rings. The van der Waals surface area contributed by atoms with Crippen molar-refractivity contribution in [1.29, 1.82) is 0 Å². The van der Waals surface area contributed by atoms with E-state index in [1.54, 1.807) is 0 Å². The first-order valence-electron chi connectivity index (χ1n) is 9.69. The smallest absolute Gasteiger partial charge is 0.323 e. The van der Waals surface area contributed by atoms with E-state index in [4.69, 9.17) is 0 Å². The lowest BCUT2D eigenvalue weighted by atomic mass is 9.64. The highest BCUT2D eigenvalue weighted by Crippen LogP contribution is 2.46. The quantitative estimate of drug-likeness (QED) is 0.647. The molecule has 1 heterocycles. The molecule has 1 saturated carbocycles. The minimum absolute atomic E-state index is 0.0231. The Balaban J connectivity index is 1.86. The van der Waals surface area contributed by atoms with Crippen LogP contribution in [0.25, 0.3) is 0 Å². The van der Waals surface area contributed by atoms with Gasteiger partial charge in [0.2, 0.25) is 0 Å². The molecule has 27 heavy (non-hydrogen) atoms. The maximum Gasteiger partial charge on any atom is 0.325 e. The third-order valence-electron chi connectivity index (χ3n) is 5.88. The van der Waals surface area contributed by atoms with Gasteiger partial charge in [0.1, 0.15) is 5.54 Å². The van der Waals surface area contributed by atoms with Gasteiger partial charge in [0.05, 0.1) is 6.54 Å². The number of hydrogen-bond acceptors (Lipinski definition) is 3. The Morgan fingerprint density at radius 3 is 2.30 bits per heavy atom. The van der Waals surface area contributed by atoms with Crippen LogP contribution >= 0.6 is 0 Å². The second-order valence-corrected chi connectivity index (χ2v) is 9.45. The van der Waals surface area contributed by atoms with Crippen LogP contribution in [-0.4, -0.2) is 34.7 Å². The van der Waals surface area contributed by atoms with Gasteiger partial charge in [-0.3, -0.25) is 14.5 Å². The summed E-state index contributed by atoms with van der Waals surface area (Å²) in [5, 5.41) is 2.94. The molecule has 5 nitrogen and oxygen atoms in total. The molecule has 0 bridgehead atoms. The molecule has 2 aliphatic rings. The first-order valence-corrected chi connectivity index (χ1v) is 9.69. The van der Waals surface area contributed by atoms with Crippen LogP contribution in [0.1, 0.15) is 67.1 Å². The summed E-state index contributed by atoms with van der Waals surface area (Å²) in [5.41, 5.74) is 2.58. The highest BCUT2D eigenvalue weighted by molar-refractivity contribution is 6.11. The standard InChI is InChI=1S/C22H30N2O3/c1-13-7-15(3)18(16(4)8-13)17(25)11-24-19(26)22(23-20(24)27)10-14(2)9-21(5,6)12-22/h7-8,14H,9-12H2,1-6H3,(H,23,27)/t14-,22-/m0/s1. The number of rotatable bonds is 3. The molecule has 3 amide bonds. The van der Waals surface area contributed by atoms with Crippen molar-refractivity contribution >= 4 is 17.7 Å². The van der Waals surface area contributed by atoms with E-state index < -0.39 is 11.6 Å². The van der Waals surface area contributed by atoms with Gasteiger partial charge in [-0.05, 0) is 62.5 Å². The number of benzene rings is 1. The molecule has 2 atom stereocenters. The minimum atomic E-state index is -0.865. The molecule has 1 saturated heterocycles.